The first-order valence-corrected chi connectivity index (χ1v) is 12.3. The number of rotatable bonds is 9. The molecule has 0 heterocycles. The second kappa shape index (κ2) is 10.5. The van der Waals surface area contributed by atoms with Crippen molar-refractivity contribution in [3.63, 3.8) is 0 Å². The Morgan fingerprint density at radius 3 is 2.26 bits per heavy atom. The Labute approximate surface area is 185 Å². The van der Waals surface area contributed by atoms with Crippen molar-refractivity contribution in [1.29, 1.82) is 0 Å². The molecule has 2 rings (SSSR count). The van der Waals surface area contributed by atoms with E-state index < -0.39 is 39.0 Å². The predicted molar refractivity (Wildman–Crippen MR) is 118 cm³/mol. The van der Waals surface area contributed by atoms with Gasteiger partial charge in [0.25, 0.3) is 5.91 Å². The summed E-state index contributed by atoms with van der Waals surface area (Å²) >= 11 is 0. The van der Waals surface area contributed by atoms with Gasteiger partial charge in [0.1, 0.15) is 11.4 Å². The standard InChI is InChI=1S/C22H34N2O6S/c1-22(2,3)30-21(26)19(15-31(27,28)14-17-7-5-6-8-17)20(25)24(23)13-16-9-11-18(29-4)12-10-16/h9-12,17,19H,5-8,13-15,23H2,1-4H3/t19-/m0/s1. The van der Waals surface area contributed by atoms with Crippen LogP contribution in [0.4, 0.5) is 0 Å². The molecule has 1 aliphatic carbocycles. The molecule has 8 nitrogen and oxygen atoms in total. The van der Waals surface area contributed by atoms with Crippen LogP contribution in [0.25, 0.3) is 0 Å². The maximum absolute atomic E-state index is 13.0. The van der Waals surface area contributed by atoms with Crippen molar-refractivity contribution in [2.24, 2.45) is 17.7 Å². The number of nitrogens with zero attached hydrogens (tertiary/aromatic N) is 1. The number of benzene rings is 1. The van der Waals surface area contributed by atoms with E-state index in [1.54, 1.807) is 52.1 Å². The number of methoxy groups -OCH3 is 1. The first-order valence-electron chi connectivity index (χ1n) is 10.5. The third kappa shape index (κ3) is 8.14. The largest absolute Gasteiger partial charge is 0.497 e. The van der Waals surface area contributed by atoms with E-state index in [9.17, 15) is 18.0 Å². The number of carbonyl (C=O) groups is 2. The minimum atomic E-state index is -3.65. The molecule has 1 aromatic carbocycles. The first-order chi connectivity index (χ1) is 14.4. The van der Waals surface area contributed by atoms with E-state index in [1.165, 1.54) is 0 Å². The van der Waals surface area contributed by atoms with Gasteiger partial charge in [0.2, 0.25) is 0 Å². The molecule has 1 saturated carbocycles. The monoisotopic (exact) mass is 454 g/mol. The predicted octanol–water partition coefficient (Wildman–Crippen LogP) is 2.46. The van der Waals surface area contributed by atoms with Crippen LogP contribution in [0.3, 0.4) is 0 Å². The SMILES string of the molecule is COc1ccc(CN(N)C(=O)[C@H](CS(=O)(=O)CC2CCCC2)C(=O)OC(C)(C)C)cc1. The minimum Gasteiger partial charge on any atom is -0.497 e. The molecule has 0 spiro atoms. The molecule has 1 amide bonds. The van der Waals surface area contributed by atoms with Crippen LogP contribution >= 0.6 is 0 Å². The lowest BCUT2D eigenvalue weighted by atomic mass is 10.1. The van der Waals surface area contributed by atoms with Gasteiger partial charge in [-0.2, -0.15) is 0 Å². The molecule has 2 N–H and O–H groups in total. The summed E-state index contributed by atoms with van der Waals surface area (Å²) in [6, 6.07) is 6.94. The summed E-state index contributed by atoms with van der Waals surface area (Å²) in [7, 11) is -2.10. The molecule has 9 heteroatoms. The number of ether oxygens (including phenoxy) is 2. The number of hydrazine groups is 1. The van der Waals surface area contributed by atoms with Crippen LogP contribution in [-0.2, 0) is 30.7 Å². The average Bonchev–Trinajstić information content (AvgIpc) is 3.17. The van der Waals surface area contributed by atoms with Crippen LogP contribution in [0.2, 0.25) is 0 Å². The van der Waals surface area contributed by atoms with Crippen LogP contribution in [-0.4, -0.2) is 49.5 Å². The smallest absolute Gasteiger partial charge is 0.320 e. The Morgan fingerprint density at radius 2 is 1.74 bits per heavy atom. The molecule has 1 fully saturated rings. The number of esters is 1. The van der Waals surface area contributed by atoms with E-state index in [2.05, 4.69) is 0 Å². The Balaban J connectivity index is 2.16. The molecule has 1 atom stereocenters. The summed E-state index contributed by atoms with van der Waals surface area (Å²) in [5.41, 5.74) is -0.145. The molecule has 0 radical (unpaired) electrons. The topological polar surface area (TPSA) is 116 Å². The lowest BCUT2D eigenvalue weighted by Gasteiger charge is -2.26. The number of carbonyl (C=O) groups excluding carboxylic acids is 2. The van der Waals surface area contributed by atoms with E-state index in [4.69, 9.17) is 15.3 Å². The fraction of sp³-hybridized carbons (Fsp3) is 0.636. The van der Waals surface area contributed by atoms with Crippen molar-refractivity contribution in [2.45, 2.75) is 58.6 Å². The van der Waals surface area contributed by atoms with Crippen molar-refractivity contribution >= 4 is 21.7 Å². The van der Waals surface area contributed by atoms with Gasteiger partial charge in [0, 0.05) is 0 Å². The van der Waals surface area contributed by atoms with Gasteiger partial charge >= 0.3 is 5.97 Å². The fourth-order valence-corrected chi connectivity index (χ4v) is 5.65. The number of hydrogen-bond donors (Lipinski definition) is 1. The number of sulfone groups is 1. The zero-order valence-electron chi connectivity index (χ0n) is 18.8. The quantitative estimate of drug-likeness (QED) is 0.200. The lowest BCUT2D eigenvalue weighted by molar-refractivity contribution is -0.164. The molecule has 0 saturated heterocycles. The Bertz CT molecular complexity index is 855. The first kappa shape index (κ1) is 25.1. The third-order valence-electron chi connectivity index (χ3n) is 5.17. The summed E-state index contributed by atoms with van der Waals surface area (Å²) < 4.78 is 36.0. The van der Waals surface area contributed by atoms with E-state index in [1.807, 2.05) is 0 Å². The minimum absolute atomic E-state index is 0.0186. The molecular weight excluding hydrogens is 420 g/mol. The molecular formula is C22H34N2O6S. The lowest BCUT2D eigenvalue weighted by Crippen LogP contribution is -2.47. The van der Waals surface area contributed by atoms with Gasteiger partial charge < -0.3 is 9.47 Å². The van der Waals surface area contributed by atoms with Gasteiger partial charge in [-0.3, -0.25) is 14.6 Å². The van der Waals surface area contributed by atoms with Crippen molar-refractivity contribution in [3.05, 3.63) is 29.8 Å². The maximum atomic E-state index is 13.0. The highest BCUT2D eigenvalue weighted by atomic mass is 32.2. The summed E-state index contributed by atoms with van der Waals surface area (Å²) in [4.78, 5) is 25.8. The highest BCUT2D eigenvalue weighted by molar-refractivity contribution is 7.91. The van der Waals surface area contributed by atoms with Crippen molar-refractivity contribution in [1.82, 2.24) is 5.01 Å². The normalized spacial score (nSPS) is 16.0. The molecule has 174 valence electrons. The fourth-order valence-electron chi connectivity index (χ4n) is 3.68. The second-order valence-corrected chi connectivity index (χ2v) is 11.3. The van der Waals surface area contributed by atoms with Gasteiger partial charge in [0.15, 0.2) is 15.8 Å². The van der Waals surface area contributed by atoms with Gasteiger partial charge in [-0.05, 0) is 57.2 Å². The highest BCUT2D eigenvalue weighted by Crippen LogP contribution is 2.27. The molecule has 1 aromatic rings. The number of nitrogens with two attached hydrogens (primary N) is 1. The Hall–Kier alpha value is -2.13. The molecule has 0 unspecified atom stereocenters. The molecule has 31 heavy (non-hydrogen) atoms. The summed E-state index contributed by atoms with van der Waals surface area (Å²) in [6.45, 7) is 5.01. The van der Waals surface area contributed by atoms with Gasteiger partial charge in [-0.1, -0.05) is 25.0 Å². The Kier molecular flexibility index (Phi) is 8.48. The number of amides is 1. The van der Waals surface area contributed by atoms with Crippen LogP contribution in [0.1, 0.15) is 52.0 Å². The molecule has 0 bridgehead atoms. The van der Waals surface area contributed by atoms with Crippen LogP contribution in [0, 0.1) is 11.8 Å². The average molecular weight is 455 g/mol. The van der Waals surface area contributed by atoms with E-state index in [0.29, 0.717) is 11.3 Å². The molecule has 0 aromatic heterocycles. The van der Waals surface area contributed by atoms with E-state index in [0.717, 1.165) is 30.7 Å². The van der Waals surface area contributed by atoms with Crippen LogP contribution in [0.15, 0.2) is 24.3 Å². The van der Waals surface area contributed by atoms with Crippen molar-refractivity contribution < 1.29 is 27.5 Å². The van der Waals surface area contributed by atoms with Crippen LogP contribution in [0.5, 0.6) is 5.75 Å². The van der Waals surface area contributed by atoms with Crippen LogP contribution < -0.4 is 10.6 Å². The zero-order chi connectivity index (χ0) is 23.2. The van der Waals surface area contributed by atoms with Crippen molar-refractivity contribution in [3.8, 4) is 5.75 Å². The summed E-state index contributed by atoms with van der Waals surface area (Å²) in [6.07, 6.45) is 3.72. The maximum Gasteiger partial charge on any atom is 0.320 e. The summed E-state index contributed by atoms with van der Waals surface area (Å²) in [5, 5.41) is 0.876. The zero-order valence-corrected chi connectivity index (χ0v) is 19.6. The van der Waals surface area contributed by atoms with Gasteiger partial charge in [-0.15, -0.1) is 0 Å². The Morgan fingerprint density at radius 1 is 1.16 bits per heavy atom. The van der Waals surface area contributed by atoms with Crippen molar-refractivity contribution in [2.75, 3.05) is 18.6 Å². The third-order valence-corrected chi connectivity index (χ3v) is 6.99. The summed E-state index contributed by atoms with van der Waals surface area (Å²) in [5.74, 6) is 2.90. The second-order valence-electron chi connectivity index (χ2n) is 9.13. The van der Waals surface area contributed by atoms with Gasteiger partial charge in [-0.25, -0.2) is 14.3 Å². The van der Waals surface area contributed by atoms with E-state index in [-0.39, 0.29) is 18.2 Å². The number of hydrogen-bond acceptors (Lipinski definition) is 7. The highest BCUT2D eigenvalue weighted by Gasteiger charge is 2.38. The molecule has 0 aliphatic heterocycles. The molecule has 1 aliphatic rings. The van der Waals surface area contributed by atoms with E-state index >= 15 is 0 Å². The van der Waals surface area contributed by atoms with Gasteiger partial charge in [0.05, 0.1) is 25.2 Å².